The van der Waals surface area contributed by atoms with Gasteiger partial charge in [-0.05, 0) is 50.2 Å². The van der Waals surface area contributed by atoms with Crippen LogP contribution in [0.2, 0.25) is 5.02 Å². The number of nitrogens with zero attached hydrogens (tertiary/aromatic N) is 3. The Bertz CT molecular complexity index is 1090. The lowest BCUT2D eigenvalue weighted by molar-refractivity contribution is 0.584. The summed E-state index contributed by atoms with van der Waals surface area (Å²) in [5, 5.41) is 5.54. The number of pyridine rings is 1. The highest BCUT2D eigenvalue weighted by Crippen LogP contribution is 2.29. The van der Waals surface area contributed by atoms with Crippen LogP contribution >= 0.6 is 11.6 Å². The topological polar surface area (TPSA) is 123 Å². The Morgan fingerprint density at radius 1 is 1.07 bits per heavy atom. The summed E-state index contributed by atoms with van der Waals surface area (Å²) in [6, 6.07) is 10.3. The van der Waals surface area contributed by atoms with Gasteiger partial charge in [-0.15, -0.1) is 0 Å². The maximum atomic E-state index is 12.6. The number of anilines is 5. The molecule has 0 amide bonds. The molecule has 0 saturated carbocycles. The highest BCUT2D eigenvalue weighted by atomic mass is 35.5. The average molecular weight is 419 g/mol. The molecule has 0 bridgehead atoms. The van der Waals surface area contributed by atoms with E-state index >= 15 is 0 Å². The van der Waals surface area contributed by atoms with Crippen LogP contribution in [-0.2, 0) is 9.84 Å². The van der Waals surface area contributed by atoms with Crippen LogP contribution in [-0.4, -0.2) is 28.6 Å². The number of sulfone groups is 1. The van der Waals surface area contributed by atoms with Gasteiger partial charge in [0.2, 0.25) is 5.95 Å². The SMILES string of the molecule is CC(C)S(=O)(=O)c1ncccc1Nc1nc(Nc2ccc(N)cc2)ncc1Cl. The third-order valence-electron chi connectivity index (χ3n) is 3.83. The first kappa shape index (κ1) is 19.8. The molecule has 2 aromatic heterocycles. The van der Waals surface area contributed by atoms with Crippen LogP contribution in [0.25, 0.3) is 0 Å². The van der Waals surface area contributed by atoms with Crippen LogP contribution in [0.4, 0.5) is 28.8 Å². The average Bonchev–Trinajstić information content (AvgIpc) is 2.66. The molecule has 146 valence electrons. The summed E-state index contributed by atoms with van der Waals surface area (Å²) >= 11 is 6.20. The second-order valence-corrected chi connectivity index (χ2v) is 9.04. The molecule has 0 radical (unpaired) electrons. The summed E-state index contributed by atoms with van der Waals surface area (Å²) in [4.78, 5) is 12.5. The molecule has 0 aliphatic heterocycles. The van der Waals surface area contributed by atoms with Gasteiger partial charge in [-0.3, -0.25) is 0 Å². The minimum atomic E-state index is -3.59. The van der Waals surface area contributed by atoms with E-state index in [0.29, 0.717) is 5.69 Å². The third-order valence-corrected chi connectivity index (χ3v) is 6.21. The lowest BCUT2D eigenvalue weighted by Gasteiger charge is -2.14. The summed E-state index contributed by atoms with van der Waals surface area (Å²) in [7, 11) is -3.59. The Morgan fingerprint density at radius 2 is 1.79 bits per heavy atom. The molecule has 0 aliphatic rings. The Kier molecular flexibility index (Phi) is 5.66. The molecule has 0 aliphatic carbocycles. The fraction of sp³-hybridized carbons (Fsp3) is 0.167. The number of hydrogen-bond acceptors (Lipinski definition) is 8. The van der Waals surface area contributed by atoms with Crippen molar-refractivity contribution < 1.29 is 8.42 Å². The van der Waals surface area contributed by atoms with E-state index in [9.17, 15) is 8.42 Å². The standard InChI is InChI=1S/C18H19ClN6O2S/c1-11(2)28(26,27)17-15(4-3-9-21-17)24-16-14(19)10-22-18(25-16)23-13-7-5-12(20)6-8-13/h3-11H,20H2,1-2H3,(H2,22,23,24,25). The van der Waals surface area contributed by atoms with Crippen LogP contribution in [0.5, 0.6) is 0 Å². The first-order valence-electron chi connectivity index (χ1n) is 8.38. The van der Waals surface area contributed by atoms with Crippen molar-refractivity contribution in [2.75, 3.05) is 16.4 Å². The fourth-order valence-corrected chi connectivity index (χ4v) is 3.49. The Morgan fingerprint density at radius 3 is 2.46 bits per heavy atom. The predicted molar refractivity (Wildman–Crippen MR) is 111 cm³/mol. The molecule has 1 aromatic carbocycles. The Balaban J connectivity index is 1.92. The van der Waals surface area contributed by atoms with E-state index < -0.39 is 15.1 Å². The van der Waals surface area contributed by atoms with Gasteiger partial charge in [-0.1, -0.05) is 11.6 Å². The lowest BCUT2D eigenvalue weighted by atomic mass is 10.3. The molecule has 8 nitrogen and oxygen atoms in total. The third kappa shape index (κ3) is 4.32. The van der Waals surface area contributed by atoms with E-state index in [0.717, 1.165) is 5.69 Å². The van der Waals surface area contributed by atoms with Gasteiger partial charge in [0.1, 0.15) is 5.02 Å². The summed E-state index contributed by atoms with van der Waals surface area (Å²) in [5.74, 6) is 0.539. The lowest BCUT2D eigenvalue weighted by Crippen LogP contribution is -2.17. The summed E-state index contributed by atoms with van der Waals surface area (Å²) in [5.41, 5.74) is 7.35. The molecule has 10 heteroatoms. The van der Waals surface area contributed by atoms with Crippen LogP contribution < -0.4 is 16.4 Å². The Hall–Kier alpha value is -2.91. The molecule has 2 heterocycles. The number of hydrogen-bond donors (Lipinski definition) is 3. The van der Waals surface area contributed by atoms with Crippen molar-refractivity contribution in [2.45, 2.75) is 24.1 Å². The number of nitrogen functional groups attached to an aromatic ring is 1. The smallest absolute Gasteiger partial charge is 0.229 e. The van der Waals surface area contributed by atoms with Gasteiger partial charge in [0.15, 0.2) is 20.7 Å². The zero-order valence-corrected chi connectivity index (χ0v) is 16.8. The molecule has 28 heavy (non-hydrogen) atoms. The molecule has 0 saturated heterocycles. The predicted octanol–water partition coefficient (Wildman–Crippen LogP) is 3.78. The first-order valence-corrected chi connectivity index (χ1v) is 10.3. The van der Waals surface area contributed by atoms with Crippen molar-refractivity contribution in [2.24, 2.45) is 0 Å². The molecule has 0 fully saturated rings. The monoisotopic (exact) mass is 418 g/mol. The van der Waals surface area contributed by atoms with E-state index in [1.54, 1.807) is 50.2 Å². The van der Waals surface area contributed by atoms with Crippen LogP contribution in [0.15, 0.2) is 53.8 Å². The van der Waals surface area contributed by atoms with Crippen LogP contribution in [0.1, 0.15) is 13.8 Å². The molecule has 0 unspecified atom stereocenters. The summed E-state index contributed by atoms with van der Waals surface area (Å²) in [6.07, 6.45) is 2.85. The minimum absolute atomic E-state index is 0.0623. The number of benzene rings is 1. The molecule has 0 spiro atoms. The highest BCUT2D eigenvalue weighted by Gasteiger charge is 2.24. The van der Waals surface area contributed by atoms with Crippen molar-refractivity contribution in [3.63, 3.8) is 0 Å². The van der Waals surface area contributed by atoms with E-state index in [1.165, 1.54) is 12.4 Å². The van der Waals surface area contributed by atoms with Crippen molar-refractivity contribution in [3.8, 4) is 0 Å². The number of aromatic nitrogens is 3. The highest BCUT2D eigenvalue weighted by molar-refractivity contribution is 7.92. The second-order valence-electron chi connectivity index (χ2n) is 6.21. The van der Waals surface area contributed by atoms with Gasteiger partial charge < -0.3 is 16.4 Å². The number of rotatable bonds is 6. The van der Waals surface area contributed by atoms with Crippen LogP contribution in [0, 0.1) is 0 Å². The van der Waals surface area contributed by atoms with E-state index in [-0.39, 0.29) is 27.5 Å². The van der Waals surface area contributed by atoms with Gasteiger partial charge in [0.05, 0.1) is 17.1 Å². The second kappa shape index (κ2) is 7.99. The fourth-order valence-electron chi connectivity index (χ4n) is 2.27. The first-order chi connectivity index (χ1) is 13.3. The number of halogens is 1. The quantitative estimate of drug-likeness (QED) is 0.517. The number of nitrogens with one attached hydrogen (secondary N) is 2. The molecule has 3 rings (SSSR count). The zero-order valence-electron chi connectivity index (χ0n) is 15.2. The largest absolute Gasteiger partial charge is 0.399 e. The minimum Gasteiger partial charge on any atom is -0.399 e. The molecule has 3 aromatic rings. The van der Waals surface area contributed by atoms with Gasteiger partial charge in [-0.2, -0.15) is 4.98 Å². The maximum Gasteiger partial charge on any atom is 0.229 e. The maximum absolute atomic E-state index is 12.6. The Labute approximate surface area is 168 Å². The van der Waals surface area contributed by atoms with Crippen molar-refractivity contribution in [1.82, 2.24) is 15.0 Å². The van der Waals surface area contributed by atoms with Crippen molar-refractivity contribution in [1.29, 1.82) is 0 Å². The van der Waals surface area contributed by atoms with Crippen molar-refractivity contribution >= 4 is 50.3 Å². The molecular weight excluding hydrogens is 400 g/mol. The summed E-state index contributed by atoms with van der Waals surface area (Å²) in [6.45, 7) is 3.19. The normalized spacial score (nSPS) is 11.4. The summed E-state index contributed by atoms with van der Waals surface area (Å²) < 4.78 is 25.1. The van der Waals surface area contributed by atoms with Gasteiger partial charge >= 0.3 is 0 Å². The molecular formula is C18H19ClN6O2S. The van der Waals surface area contributed by atoms with Gasteiger partial charge in [0, 0.05) is 17.6 Å². The van der Waals surface area contributed by atoms with E-state index in [2.05, 4.69) is 25.6 Å². The molecule has 4 N–H and O–H groups in total. The number of nitrogens with two attached hydrogens (primary N) is 1. The van der Waals surface area contributed by atoms with Crippen molar-refractivity contribution in [3.05, 3.63) is 53.8 Å². The van der Waals surface area contributed by atoms with E-state index in [1.807, 2.05) is 0 Å². The van der Waals surface area contributed by atoms with Gasteiger partial charge in [-0.25, -0.2) is 18.4 Å². The zero-order chi connectivity index (χ0) is 20.3. The van der Waals surface area contributed by atoms with E-state index in [4.69, 9.17) is 17.3 Å². The van der Waals surface area contributed by atoms with Gasteiger partial charge in [0.25, 0.3) is 0 Å². The molecule has 0 atom stereocenters. The van der Waals surface area contributed by atoms with Crippen LogP contribution in [0.3, 0.4) is 0 Å².